The van der Waals surface area contributed by atoms with Crippen LogP contribution in [-0.4, -0.2) is 42.4 Å². The number of benzene rings is 1. The molecule has 1 N–H and O–H groups in total. The molecule has 0 aliphatic rings. The predicted molar refractivity (Wildman–Crippen MR) is 75.2 cm³/mol. The summed E-state index contributed by atoms with van der Waals surface area (Å²) in [5.74, 6) is 0.949. The summed E-state index contributed by atoms with van der Waals surface area (Å²) in [5, 5.41) is 9.28. The average Bonchev–Trinajstić information content (AvgIpc) is 2.33. The van der Waals surface area contributed by atoms with Crippen molar-refractivity contribution in [1.29, 1.82) is 0 Å². The number of rotatable bonds is 6. The van der Waals surface area contributed by atoms with Gasteiger partial charge in [0.05, 0.1) is 6.61 Å². The molecule has 0 spiro atoms. The first-order valence-electron chi connectivity index (χ1n) is 6.39. The number of hydrogen-bond donors (Lipinski definition) is 1. The van der Waals surface area contributed by atoms with Gasteiger partial charge in [0.15, 0.2) is 0 Å². The van der Waals surface area contributed by atoms with Gasteiger partial charge in [-0.3, -0.25) is 4.90 Å². The highest BCUT2D eigenvalue weighted by molar-refractivity contribution is 5.35. The van der Waals surface area contributed by atoms with Gasteiger partial charge >= 0.3 is 0 Å². The van der Waals surface area contributed by atoms with Crippen molar-refractivity contribution >= 4 is 0 Å². The second-order valence-corrected chi connectivity index (χ2v) is 5.51. The van der Waals surface area contributed by atoms with Crippen molar-refractivity contribution in [2.45, 2.75) is 33.2 Å². The Morgan fingerprint density at radius 1 is 1.28 bits per heavy atom. The highest BCUT2D eigenvalue weighted by Crippen LogP contribution is 2.19. The van der Waals surface area contributed by atoms with Crippen molar-refractivity contribution in [1.82, 2.24) is 4.90 Å². The molecule has 1 aromatic carbocycles. The predicted octanol–water partition coefficient (Wildman–Crippen LogP) is 2.38. The first-order valence-corrected chi connectivity index (χ1v) is 6.39. The van der Waals surface area contributed by atoms with Crippen molar-refractivity contribution in [3.63, 3.8) is 0 Å². The number of aliphatic hydroxyl groups is 1. The van der Waals surface area contributed by atoms with Gasteiger partial charge in [-0.15, -0.1) is 0 Å². The summed E-state index contributed by atoms with van der Waals surface area (Å²) in [6, 6.07) is 6.22. The van der Waals surface area contributed by atoms with E-state index in [0.29, 0.717) is 6.61 Å². The van der Waals surface area contributed by atoms with Crippen LogP contribution in [0, 0.1) is 13.8 Å². The first-order chi connectivity index (χ1) is 8.36. The largest absolute Gasteiger partial charge is 0.492 e. The molecule has 18 heavy (non-hydrogen) atoms. The highest BCUT2D eigenvalue weighted by atomic mass is 16.5. The lowest BCUT2D eigenvalue weighted by Crippen LogP contribution is -2.45. The van der Waals surface area contributed by atoms with E-state index in [0.717, 1.165) is 17.9 Å². The molecule has 0 saturated carbocycles. The Morgan fingerprint density at radius 3 is 2.56 bits per heavy atom. The molecule has 0 heterocycles. The van der Waals surface area contributed by atoms with E-state index in [4.69, 9.17) is 4.74 Å². The number of aryl methyl sites for hydroxylation is 2. The maximum atomic E-state index is 9.28. The third-order valence-electron chi connectivity index (χ3n) is 3.45. The lowest BCUT2D eigenvalue weighted by molar-refractivity contribution is 0.0678. The molecule has 0 aromatic heterocycles. The third-order valence-corrected chi connectivity index (χ3v) is 3.45. The van der Waals surface area contributed by atoms with Crippen LogP contribution in [0.5, 0.6) is 5.75 Å². The Hall–Kier alpha value is -1.06. The Balaban J connectivity index is 2.49. The zero-order valence-corrected chi connectivity index (χ0v) is 12.2. The molecule has 0 aliphatic carbocycles. The standard InChI is InChI=1S/C15H25NO2/c1-12-6-7-13(2)14(10-12)18-9-8-16(5)15(3,4)11-17/h6-7,10,17H,8-9,11H2,1-5H3. The minimum Gasteiger partial charge on any atom is -0.492 e. The van der Waals surface area contributed by atoms with E-state index >= 15 is 0 Å². The number of aliphatic hydroxyl groups excluding tert-OH is 1. The Bertz CT molecular complexity index is 388. The van der Waals surface area contributed by atoms with E-state index in [9.17, 15) is 5.11 Å². The van der Waals surface area contributed by atoms with Crippen molar-refractivity contribution in [3.05, 3.63) is 29.3 Å². The van der Waals surface area contributed by atoms with Crippen LogP contribution in [-0.2, 0) is 0 Å². The monoisotopic (exact) mass is 251 g/mol. The minimum atomic E-state index is -0.203. The van der Waals surface area contributed by atoms with Crippen LogP contribution < -0.4 is 4.74 Å². The van der Waals surface area contributed by atoms with E-state index < -0.39 is 0 Å². The van der Waals surface area contributed by atoms with Crippen LogP contribution in [0.3, 0.4) is 0 Å². The van der Waals surface area contributed by atoms with Gasteiger partial charge in [-0.1, -0.05) is 12.1 Å². The summed E-state index contributed by atoms with van der Waals surface area (Å²) in [6.07, 6.45) is 0. The lowest BCUT2D eigenvalue weighted by Gasteiger charge is -2.33. The van der Waals surface area contributed by atoms with Gasteiger partial charge in [-0.05, 0) is 51.9 Å². The molecule has 0 fully saturated rings. The summed E-state index contributed by atoms with van der Waals surface area (Å²) >= 11 is 0. The van der Waals surface area contributed by atoms with Gasteiger partial charge in [0.25, 0.3) is 0 Å². The number of likely N-dealkylation sites (N-methyl/N-ethyl adjacent to an activating group) is 1. The number of ether oxygens (including phenoxy) is 1. The van der Waals surface area contributed by atoms with E-state index in [-0.39, 0.29) is 12.1 Å². The van der Waals surface area contributed by atoms with E-state index in [2.05, 4.69) is 36.9 Å². The minimum absolute atomic E-state index is 0.146. The van der Waals surface area contributed by atoms with Crippen molar-refractivity contribution in [2.75, 3.05) is 26.8 Å². The maximum Gasteiger partial charge on any atom is 0.122 e. The molecule has 0 saturated heterocycles. The van der Waals surface area contributed by atoms with E-state index in [1.165, 1.54) is 5.56 Å². The molecule has 0 atom stereocenters. The molecule has 0 amide bonds. The van der Waals surface area contributed by atoms with Crippen molar-refractivity contribution < 1.29 is 9.84 Å². The van der Waals surface area contributed by atoms with Gasteiger partial charge in [0.2, 0.25) is 0 Å². The van der Waals surface area contributed by atoms with Crippen LogP contribution in [0.25, 0.3) is 0 Å². The molecule has 1 rings (SSSR count). The van der Waals surface area contributed by atoms with Gasteiger partial charge in [-0.2, -0.15) is 0 Å². The topological polar surface area (TPSA) is 32.7 Å². The fourth-order valence-electron chi connectivity index (χ4n) is 1.58. The van der Waals surface area contributed by atoms with Crippen LogP contribution in [0.1, 0.15) is 25.0 Å². The second-order valence-electron chi connectivity index (χ2n) is 5.51. The zero-order chi connectivity index (χ0) is 13.8. The Labute approximate surface area is 110 Å². The molecule has 102 valence electrons. The van der Waals surface area contributed by atoms with Crippen LogP contribution in [0.2, 0.25) is 0 Å². The molecule has 3 nitrogen and oxygen atoms in total. The van der Waals surface area contributed by atoms with Crippen molar-refractivity contribution in [2.24, 2.45) is 0 Å². The molecule has 0 aliphatic heterocycles. The maximum absolute atomic E-state index is 9.28. The number of hydrogen-bond acceptors (Lipinski definition) is 3. The lowest BCUT2D eigenvalue weighted by atomic mass is 10.1. The fourth-order valence-corrected chi connectivity index (χ4v) is 1.58. The third kappa shape index (κ3) is 4.00. The summed E-state index contributed by atoms with van der Waals surface area (Å²) in [4.78, 5) is 2.11. The molecular formula is C15H25NO2. The molecular weight excluding hydrogens is 226 g/mol. The molecule has 3 heteroatoms. The average molecular weight is 251 g/mol. The van der Waals surface area contributed by atoms with Gasteiger partial charge in [-0.25, -0.2) is 0 Å². The fraction of sp³-hybridized carbons (Fsp3) is 0.600. The van der Waals surface area contributed by atoms with Gasteiger partial charge < -0.3 is 9.84 Å². The summed E-state index contributed by atoms with van der Waals surface area (Å²) in [6.45, 7) is 9.72. The zero-order valence-electron chi connectivity index (χ0n) is 12.2. The molecule has 0 radical (unpaired) electrons. The summed E-state index contributed by atoms with van der Waals surface area (Å²) in [5.41, 5.74) is 2.16. The van der Waals surface area contributed by atoms with Crippen LogP contribution >= 0.6 is 0 Å². The quantitative estimate of drug-likeness (QED) is 0.842. The first kappa shape index (κ1) is 15.0. The SMILES string of the molecule is Cc1ccc(C)c(OCCN(C)C(C)(C)CO)c1. The van der Waals surface area contributed by atoms with Gasteiger partial charge in [0, 0.05) is 12.1 Å². The summed E-state index contributed by atoms with van der Waals surface area (Å²) in [7, 11) is 2.00. The van der Waals surface area contributed by atoms with Crippen molar-refractivity contribution in [3.8, 4) is 5.75 Å². The van der Waals surface area contributed by atoms with E-state index in [1.54, 1.807) is 0 Å². The van der Waals surface area contributed by atoms with Crippen LogP contribution in [0.15, 0.2) is 18.2 Å². The Kier molecular flexibility index (Phi) is 5.17. The normalized spacial score (nSPS) is 11.9. The van der Waals surface area contributed by atoms with Crippen LogP contribution in [0.4, 0.5) is 0 Å². The second kappa shape index (κ2) is 6.21. The molecule has 1 aromatic rings. The van der Waals surface area contributed by atoms with E-state index in [1.807, 2.05) is 20.9 Å². The highest BCUT2D eigenvalue weighted by Gasteiger charge is 2.21. The van der Waals surface area contributed by atoms with Gasteiger partial charge in [0.1, 0.15) is 12.4 Å². The Morgan fingerprint density at radius 2 is 1.94 bits per heavy atom. The molecule has 0 bridgehead atoms. The molecule has 0 unspecified atom stereocenters. The number of nitrogens with zero attached hydrogens (tertiary/aromatic N) is 1. The summed E-state index contributed by atoms with van der Waals surface area (Å²) < 4.78 is 5.80. The smallest absolute Gasteiger partial charge is 0.122 e.